The quantitative estimate of drug-likeness (QED) is 0.780. The Kier molecular flexibility index (Phi) is 4.60. The summed E-state index contributed by atoms with van der Waals surface area (Å²) in [6, 6.07) is 10.5. The molecule has 0 saturated heterocycles. The van der Waals surface area contributed by atoms with E-state index >= 15 is 0 Å². The number of benzene rings is 1. The normalized spacial score (nSPS) is 10.9. The molecule has 0 saturated carbocycles. The van der Waals surface area contributed by atoms with Crippen molar-refractivity contribution < 1.29 is 14.3 Å². The van der Waals surface area contributed by atoms with Crippen LogP contribution in [0.25, 0.3) is 11.0 Å². The number of rotatable bonds is 5. The third-order valence-electron chi connectivity index (χ3n) is 3.44. The second-order valence-corrected chi connectivity index (χ2v) is 5.54. The zero-order chi connectivity index (χ0) is 16.2. The predicted octanol–water partition coefficient (Wildman–Crippen LogP) is 3.12. The van der Waals surface area contributed by atoms with Gasteiger partial charge in [-0.3, -0.25) is 9.78 Å². The van der Waals surface area contributed by atoms with E-state index in [0.717, 1.165) is 10.9 Å². The van der Waals surface area contributed by atoms with E-state index < -0.39 is 0 Å². The zero-order valence-electron chi connectivity index (χ0n) is 12.3. The van der Waals surface area contributed by atoms with Crippen LogP contribution >= 0.6 is 11.6 Å². The smallest absolute Gasteiger partial charge is 0.289 e. The Morgan fingerprint density at radius 3 is 2.91 bits per heavy atom. The Morgan fingerprint density at radius 1 is 1.30 bits per heavy atom. The minimum atomic E-state index is -0.282. The van der Waals surface area contributed by atoms with Gasteiger partial charge < -0.3 is 14.4 Å². The van der Waals surface area contributed by atoms with Crippen molar-refractivity contribution in [1.82, 2.24) is 9.88 Å². The maximum absolute atomic E-state index is 12.7. The number of carbonyl (C=O) groups excluding carboxylic acids is 1. The first-order valence-electron chi connectivity index (χ1n) is 7.15. The van der Waals surface area contributed by atoms with Gasteiger partial charge in [0.05, 0.1) is 6.61 Å². The lowest BCUT2D eigenvalue weighted by molar-refractivity contribution is 0.0678. The number of furan rings is 1. The maximum Gasteiger partial charge on any atom is 0.289 e. The van der Waals surface area contributed by atoms with Crippen LogP contribution in [0.1, 0.15) is 16.1 Å². The topological polar surface area (TPSA) is 66.6 Å². The van der Waals surface area contributed by atoms with Crippen LogP contribution in [0.2, 0.25) is 5.02 Å². The summed E-state index contributed by atoms with van der Waals surface area (Å²) in [6.07, 6.45) is 3.36. The molecule has 0 unspecified atom stereocenters. The summed E-state index contributed by atoms with van der Waals surface area (Å²) in [7, 11) is 0. The molecule has 0 atom stereocenters. The molecule has 6 heteroatoms. The van der Waals surface area contributed by atoms with Gasteiger partial charge in [-0.15, -0.1) is 0 Å². The van der Waals surface area contributed by atoms with Gasteiger partial charge in [0.15, 0.2) is 5.76 Å². The number of aliphatic hydroxyl groups excluding tert-OH is 1. The lowest BCUT2D eigenvalue weighted by Crippen LogP contribution is -2.32. The number of fused-ring (bicyclic) bond motifs is 1. The Bertz CT molecular complexity index is 817. The number of nitrogens with zero attached hydrogens (tertiary/aromatic N) is 2. The third-order valence-corrected chi connectivity index (χ3v) is 3.68. The lowest BCUT2D eigenvalue weighted by atomic mass is 10.2. The standard InChI is InChI=1S/C17H15ClN2O3/c18-14-3-4-15-13(8-14)9-16(23-15)17(22)20(6-7-21)11-12-2-1-5-19-10-12/h1-5,8-10,21H,6-7,11H2. The molecule has 0 spiro atoms. The molecular formula is C17H15ClN2O3. The number of halogens is 1. The highest BCUT2D eigenvalue weighted by atomic mass is 35.5. The second kappa shape index (κ2) is 6.81. The summed E-state index contributed by atoms with van der Waals surface area (Å²) in [5, 5.41) is 10.6. The van der Waals surface area contributed by atoms with Crippen LogP contribution < -0.4 is 0 Å². The van der Waals surface area contributed by atoms with Gasteiger partial charge in [-0.25, -0.2) is 0 Å². The predicted molar refractivity (Wildman–Crippen MR) is 87.3 cm³/mol. The molecule has 0 radical (unpaired) electrons. The van der Waals surface area contributed by atoms with Crippen molar-refractivity contribution in [3.8, 4) is 0 Å². The van der Waals surface area contributed by atoms with Gasteiger partial charge >= 0.3 is 0 Å². The number of pyridine rings is 1. The first-order valence-corrected chi connectivity index (χ1v) is 7.53. The largest absolute Gasteiger partial charge is 0.451 e. The Balaban J connectivity index is 1.87. The maximum atomic E-state index is 12.7. The highest BCUT2D eigenvalue weighted by Gasteiger charge is 2.20. The van der Waals surface area contributed by atoms with Crippen LogP contribution in [0.5, 0.6) is 0 Å². The number of aliphatic hydroxyl groups is 1. The van der Waals surface area contributed by atoms with E-state index in [2.05, 4.69) is 4.98 Å². The summed E-state index contributed by atoms with van der Waals surface area (Å²) >= 11 is 5.95. The van der Waals surface area contributed by atoms with Crippen molar-refractivity contribution in [2.24, 2.45) is 0 Å². The lowest BCUT2D eigenvalue weighted by Gasteiger charge is -2.20. The zero-order valence-corrected chi connectivity index (χ0v) is 13.0. The van der Waals surface area contributed by atoms with E-state index in [-0.39, 0.29) is 24.8 Å². The van der Waals surface area contributed by atoms with Crippen molar-refractivity contribution in [2.75, 3.05) is 13.2 Å². The molecular weight excluding hydrogens is 316 g/mol. The van der Waals surface area contributed by atoms with Crippen molar-refractivity contribution in [2.45, 2.75) is 6.54 Å². The molecule has 0 aliphatic rings. The van der Waals surface area contributed by atoms with Gasteiger partial charge in [-0.1, -0.05) is 17.7 Å². The molecule has 5 nitrogen and oxygen atoms in total. The van der Waals surface area contributed by atoms with Gasteiger partial charge in [-0.2, -0.15) is 0 Å². The summed E-state index contributed by atoms with van der Waals surface area (Å²) in [4.78, 5) is 18.2. The molecule has 1 amide bonds. The third kappa shape index (κ3) is 3.52. The minimum Gasteiger partial charge on any atom is -0.451 e. The van der Waals surface area contributed by atoms with E-state index in [9.17, 15) is 9.90 Å². The Hall–Kier alpha value is -2.37. The fourth-order valence-corrected chi connectivity index (χ4v) is 2.54. The molecule has 0 fully saturated rings. The van der Waals surface area contributed by atoms with Gasteiger partial charge in [0.2, 0.25) is 0 Å². The summed E-state index contributed by atoms with van der Waals surface area (Å²) in [5.74, 6) is -0.0603. The first-order chi connectivity index (χ1) is 11.2. The molecule has 1 aromatic carbocycles. The first kappa shape index (κ1) is 15.5. The van der Waals surface area contributed by atoms with Crippen molar-refractivity contribution in [3.05, 3.63) is 65.1 Å². The monoisotopic (exact) mass is 330 g/mol. The van der Waals surface area contributed by atoms with Gasteiger partial charge in [0.25, 0.3) is 5.91 Å². The van der Waals surface area contributed by atoms with E-state index in [1.165, 1.54) is 4.90 Å². The van der Waals surface area contributed by atoms with Crippen molar-refractivity contribution in [3.63, 3.8) is 0 Å². The second-order valence-electron chi connectivity index (χ2n) is 5.10. The fraction of sp³-hybridized carbons (Fsp3) is 0.176. The van der Waals surface area contributed by atoms with Crippen LogP contribution in [0.15, 0.2) is 53.2 Å². The summed E-state index contributed by atoms with van der Waals surface area (Å²) in [6.45, 7) is 0.439. The fourth-order valence-electron chi connectivity index (χ4n) is 2.36. The number of hydrogen-bond donors (Lipinski definition) is 1. The molecule has 118 valence electrons. The number of carbonyl (C=O) groups is 1. The number of hydrogen-bond acceptors (Lipinski definition) is 4. The van der Waals surface area contributed by atoms with E-state index in [1.807, 2.05) is 6.07 Å². The highest BCUT2D eigenvalue weighted by Crippen LogP contribution is 2.24. The van der Waals surface area contributed by atoms with Crippen LogP contribution in [-0.4, -0.2) is 34.0 Å². The van der Waals surface area contributed by atoms with Crippen LogP contribution in [0.3, 0.4) is 0 Å². The molecule has 0 bridgehead atoms. The molecule has 0 aliphatic carbocycles. The molecule has 3 rings (SSSR count). The summed E-state index contributed by atoms with van der Waals surface area (Å²) in [5.41, 5.74) is 1.48. The Morgan fingerprint density at radius 2 is 2.17 bits per heavy atom. The summed E-state index contributed by atoms with van der Waals surface area (Å²) < 4.78 is 5.60. The molecule has 1 N–H and O–H groups in total. The van der Waals surface area contributed by atoms with E-state index in [4.69, 9.17) is 16.0 Å². The molecule has 3 aromatic rings. The molecule has 2 heterocycles. The van der Waals surface area contributed by atoms with Crippen LogP contribution in [0, 0.1) is 0 Å². The average Bonchev–Trinajstić information content (AvgIpc) is 2.98. The molecule has 0 aliphatic heterocycles. The van der Waals surface area contributed by atoms with Crippen LogP contribution in [-0.2, 0) is 6.54 Å². The van der Waals surface area contributed by atoms with Crippen LogP contribution in [0.4, 0.5) is 0 Å². The Labute approximate surface area is 138 Å². The van der Waals surface area contributed by atoms with E-state index in [1.54, 1.807) is 42.7 Å². The molecule has 23 heavy (non-hydrogen) atoms. The number of amides is 1. The SMILES string of the molecule is O=C(c1cc2cc(Cl)ccc2o1)N(CCO)Cc1cccnc1. The van der Waals surface area contributed by atoms with Gasteiger partial charge in [-0.05, 0) is 35.9 Å². The minimum absolute atomic E-state index is 0.127. The molecule has 2 aromatic heterocycles. The van der Waals surface area contributed by atoms with Gasteiger partial charge in [0.1, 0.15) is 5.58 Å². The van der Waals surface area contributed by atoms with Gasteiger partial charge in [0, 0.05) is 35.9 Å². The number of aromatic nitrogens is 1. The van der Waals surface area contributed by atoms with Crippen molar-refractivity contribution >= 4 is 28.5 Å². The van der Waals surface area contributed by atoms with E-state index in [0.29, 0.717) is 17.2 Å². The van der Waals surface area contributed by atoms with Crippen molar-refractivity contribution in [1.29, 1.82) is 0 Å². The highest BCUT2D eigenvalue weighted by molar-refractivity contribution is 6.31. The average molecular weight is 331 g/mol.